The summed E-state index contributed by atoms with van der Waals surface area (Å²) in [5.74, 6) is 2.61. The minimum Gasteiger partial charge on any atom is -0.370 e. The molecule has 2 N–H and O–H groups in total. The van der Waals surface area contributed by atoms with E-state index in [1.807, 2.05) is 30.1 Å². The van der Waals surface area contributed by atoms with E-state index in [1.165, 1.54) is 5.56 Å². The summed E-state index contributed by atoms with van der Waals surface area (Å²) in [7, 11) is 0. The Bertz CT molecular complexity index is 563. The Kier molecular flexibility index (Phi) is 5.54. The predicted octanol–water partition coefficient (Wildman–Crippen LogP) is 2.48. The molecule has 0 aliphatic rings. The average Bonchev–Trinajstić information content (AvgIpc) is 2.90. The molecule has 0 atom stereocenters. The second-order valence-electron chi connectivity index (χ2n) is 5.04. The normalized spacial score (nSPS) is 10.6. The molecule has 0 spiro atoms. The van der Waals surface area contributed by atoms with Gasteiger partial charge < -0.3 is 10.6 Å². The van der Waals surface area contributed by atoms with Crippen LogP contribution in [0.3, 0.4) is 0 Å². The highest BCUT2D eigenvalue weighted by atomic mass is 15.3. The lowest BCUT2D eigenvalue weighted by Crippen LogP contribution is -2.13. The first kappa shape index (κ1) is 15.3. The van der Waals surface area contributed by atoms with Crippen molar-refractivity contribution < 1.29 is 0 Å². The molecule has 0 aliphatic carbocycles. The third-order valence-electron chi connectivity index (χ3n) is 3.05. The molecule has 2 rings (SSSR count). The van der Waals surface area contributed by atoms with E-state index >= 15 is 0 Å². The molecule has 6 heteroatoms. The summed E-state index contributed by atoms with van der Waals surface area (Å²) in [6.45, 7) is 8.77. The van der Waals surface area contributed by atoms with Gasteiger partial charge in [0.25, 0.3) is 0 Å². The van der Waals surface area contributed by atoms with Crippen LogP contribution in [0.1, 0.15) is 31.7 Å². The zero-order valence-corrected chi connectivity index (χ0v) is 13.1. The number of hydrogen-bond acceptors (Lipinski definition) is 5. The van der Waals surface area contributed by atoms with Gasteiger partial charge in [0.1, 0.15) is 17.5 Å². The molecule has 0 fully saturated rings. The van der Waals surface area contributed by atoms with Crippen LogP contribution in [0.4, 0.5) is 11.6 Å². The van der Waals surface area contributed by atoms with Crippen LogP contribution in [0.2, 0.25) is 0 Å². The molecule has 21 heavy (non-hydrogen) atoms. The number of aromatic nitrogens is 4. The zero-order chi connectivity index (χ0) is 15.1. The minimum atomic E-state index is 0.786. The van der Waals surface area contributed by atoms with Gasteiger partial charge in [0.05, 0.1) is 12.7 Å². The Hall–Kier alpha value is -2.11. The fraction of sp³-hybridized carbons (Fsp3) is 0.533. The molecule has 114 valence electrons. The van der Waals surface area contributed by atoms with Crippen molar-refractivity contribution in [1.29, 1.82) is 0 Å². The van der Waals surface area contributed by atoms with Crippen molar-refractivity contribution in [2.45, 2.75) is 40.2 Å². The highest BCUT2D eigenvalue weighted by Crippen LogP contribution is 2.11. The van der Waals surface area contributed by atoms with Crippen molar-refractivity contribution in [3.05, 3.63) is 29.8 Å². The molecular weight excluding hydrogens is 264 g/mol. The van der Waals surface area contributed by atoms with E-state index in [9.17, 15) is 0 Å². The monoisotopic (exact) mass is 288 g/mol. The van der Waals surface area contributed by atoms with E-state index in [-0.39, 0.29) is 0 Å². The zero-order valence-electron chi connectivity index (χ0n) is 13.1. The Morgan fingerprint density at radius 3 is 2.38 bits per heavy atom. The molecule has 0 saturated carbocycles. The van der Waals surface area contributed by atoms with Crippen LogP contribution in [0.15, 0.2) is 18.5 Å². The van der Waals surface area contributed by atoms with Crippen molar-refractivity contribution >= 4 is 11.6 Å². The first-order valence-electron chi connectivity index (χ1n) is 7.56. The molecule has 0 aromatic carbocycles. The van der Waals surface area contributed by atoms with Crippen LogP contribution in [0.25, 0.3) is 0 Å². The molecule has 2 aromatic heterocycles. The van der Waals surface area contributed by atoms with E-state index in [2.05, 4.69) is 39.5 Å². The predicted molar refractivity (Wildman–Crippen MR) is 85.6 cm³/mol. The maximum atomic E-state index is 4.50. The van der Waals surface area contributed by atoms with Crippen LogP contribution in [0, 0.1) is 6.92 Å². The van der Waals surface area contributed by atoms with Crippen molar-refractivity contribution in [1.82, 2.24) is 19.7 Å². The number of hydrogen-bond donors (Lipinski definition) is 2. The SMILES string of the molecule is CCCNc1cc(NCCn2cc(C)cn2)nc(CC)n1. The molecule has 0 radical (unpaired) electrons. The molecule has 0 aliphatic heterocycles. The fourth-order valence-corrected chi connectivity index (χ4v) is 1.98. The van der Waals surface area contributed by atoms with Gasteiger partial charge in [-0.25, -0.2) is 9.97 Å². The Morgan fingerprint density at radius 2 is 1.81 bits per heavy atom. The molecule has 2 aromatic rings. The summed E-state index contributed by atoms with van der Waals surface area (Å²) in [6.07, 6.45) is 5.81. The van der Waals surface area contributed by atoms with Crippen LogP contribution in [-0.4, -0.2) is 32.8 Å². The Morgan fingerprint density at radius 1 is 1.10 bits per heavy atom. The van der Waals surface area contributed by atoms with Gasteiger partial charge in [0.15, 0.2) is 0 Å². The number of aryl methyl sites for hydroxylation is 2. The lowest BCUT2D eigenvalue weighted by atomic mass is 10.4. The number of rotatable bonds is 8. The van der Waals surface area contributed by atoms with Crippen LogP contribution >= 0.6 is 0 Å². The highest BCUT2D eigenvalue weighted by molar-refractivity contribution is 5.47. The van der Waals surface area contributed by atoms with Gasteiger partial charge in [-0.05, 0) is 18.9 Å². The average molecular weight is 288 g/mol. The lowest BCUT2D eigenvalue weighted by Gasteiger charge is -2.10. The molecule has 0 saturated heterocycles. The Balaban J connectivity index is 1.94. The highest BCUT2D eigenvalue weighted by Gasteiger charge is 2.03. The van der Waals surface area contributed by atoms with Gasteiger partial charge in [-0.3, -0.25) is 4.68 Å². The summed E-state index contributed by atoms with van der Waals surface area (Å²) >= 11 is 0. The second kappa shape index (κ2) is 7.61. The Labute approximate surface area is 126 Å². The smallest absolute Gasteiger partial charge is 0.132 e. The molecule has 6 nitrogen and oxygen atoms in total. The topological polar surface area (TPSA) is 67.7 Å². The molecule has 0 amide bonds. The lowest BCUT2D eigenvalue weighted by molar-refractivity contribution is 0.636. The van der Waals surface area contributed by atoms with E-state index < -0.39 is 0 Å². The molecule has 0 unspecified atom stereocenters. The van der Waals surface area contributed by atoms with Crippen molar-refractivity contribution in [3.63, 3.8) is 0 Å². The van der Waals surface area contributed by atoms with E-state index in [0.29, 0.717) is 0 Å². The van der Waals surface area contributed by atoms with Crippen molar-refractivity contribution in [2.24, 2.45) is 0 Å². The van der Waals surface area contributed by atoms with Gasteiger partial charge in [-0.1, -0.05) is 13.8 Å². The van der Waals surface area contributed by atoms with Crippen LogP contribution in [0.5, 0.6) is 0 Å². The van der Waals surface area contributed by atoms with E-state index in [1.54, 1.807) is 0 Å². The summed E-state index contributed by atoms with van der Waals surface area (Å²) in [4.78, 5) is 8.98. The van der Waals surface area contributed by atoms with E-state index in [0.717, 1.165) is 49.9 Å². The summed E-state index contributed by atoms with van der Waals surface area (Å²) in [6, 6.07) is 1.96. The third kappa shape index (κ3) is 4.73. The molecular formula is C15H24N6. The molecule has 0 bridgehead atoms. The fourth-order valence-electron chi connectivity index (χ4n) is 1.98. The standard InChI is InChI=1S/C15H24N6/c1-4-6-16-14-9-15(20-13(5-2)19-14)17-7-8-21-11-12(3)10-18-21/h9-11H,4-8H2,1-3H3,(H2,16,17,19,20). The maximum Gasteiger partial charge on any atom is 0.132 e. The number of nitrogens with zero attached hydrogens (tertiary/aromatic N) is 4. The molecule has 2 heterocycles. The number of anilines is 2. The van der Waals surface area contributed by atoms with Gasteiger partial charge in [0.2, 0.25) is 0 Å². The van der Waals surface area contributed by atoms with Crippen molar-refractivity contribution in [3.8, 4) is 0 Å². The summed E-state index contributed by atoms with van der Waals surface area (Å²) in [5, 5.41) is 10.9. The maximum absolute atomic E-state index is 4.50. The van der Waals surface area contributed by atoms with E-state index in [4.69, 9.17) is 0 Å². The first-order chi connectivity index (χ1) is 10.2. The summed E-state index contributed by atoms with van der Waals surface area (Å²) < 4.78 is 1.93. The quantitative estimate of drug-likeness (QED) is 0.781. The van der Waals surface area contributed by atoms with Crippen LogP contribution in [-0.2, 0) is 13.0 Å². The van der Waals surface area contributed by atoms with Gasteiger partial charge in [-0.2, -0.15) is 5.10 Å². The van der Waals surface area contributed by atoms with Gasteiger partial charge >= 0.3 is 0 Å². The van der Waals surface area contributed by atoms with Gasteiger partial charge in [-0.15, -0.1) is 0 Å². The largest absolute Gasteiger partial charge is 0.370 e. The number of nitrogens with one attached hydrogen (secondary N) is 2. The van der Waals surface area contributed by atoms with Crippen LogP contribution < -0.4 is 10.6 Å². The summed E-state index contributed by atoms with van der Waals surface area (Å²) in [5.41, 5.74) is 1.18. The minimum absolute atomic E-state index is 0.786. The van der Waals surface area contributed by atoms with Crippen molar-refractivity contribution in [2.75, 3.05) is 23.7 Å². The first-order valence-corrected chi connectivity index (χ1v) is 7.56. The third-order valence-corrected chi connectivity index (χ3v) is 3.05. The van der Waals surface area contributed by atoms with Gasteiger partial charge in [0, 0.05) is 31.8 Å². The second-order valence-corrected chi connectivity index (χ2v) is 5.04.